The second kappa shape index (κ2) is 5.89. The molecule has 0 radical (unpaired) electrons. The number of rotatable bonds is 5. The van der Waals surface area contributed by atoms with Crippen LogP contribution < -0.4 is 4.74 Å². The molecule has 100 valence electrons. The van der Waals surface area contributed by atoms with Crippen LogP contribution in [0.25, 0.3) is 0 Å². The van der Waals surface area contributed by atoms with Crippen LogP contribution >= 0.6 is 0 Å². The quantitative estimate of drug-likeness (QED) is 0.869. The fraction of sp³-hybridized carbons (Fsp3) is 0.533. The van der Waals surface area contributed by atoms with Crippen LogP contribution in [0.4, 0.5) is 0 Å². The lowest BCUT2D eigenvalue weighted by Gasteiger charge is -2.23. The molecule has 1 N–H and O–H groups in total. The van der Waals surface area contributed by atoms with Gasteiger partial charge in [0.25, 0.3) is 0 Å². The predicted molar refractivity (Wildman–Crippen MR) is 71.9 cm³/mol. The Balaban J connectivity index is 2.57. The van der Waals surface area contributed by atoms with Crippen molar-refractivity contribution in [2.45, 2.75) is 34.1 Å². The maximum atomic E-state index is 11.2. The van der Waals surface area contributed by atoms with Crippen molar-refractivity contribution < 1.29 is 14.6 Å². The lowest BCUT2D eigenvalue weighted by molar-refractivity contribution is -0.143. The molecule has 1 aromatic carbocycles. The van der Waals surface area contributed by atoms with Gasteiger partial charge in [0.05, 0.1) is 5.92 Å². The monoisotopic (exact) mass is 250 g/mol. The van der Waals surface area contributed by atoms with Crippen LogP contribution in [-0.4, -0.2) is 17.7 Å². The van der Waals surface area contributed by atoms with E-state index in [0.29, 0.717) is 6.42 Å². The van der Waals surface area contributed by atoms with Crippen molar-refractivity contribution in [2.24, 2.45) is 11.3 Å². The highest BCUT2D eigenvalue weighted by atomic mass is 16.5. The first-order valence-electron chi connectivity index (χ1n) is 6.20. The van der Waals surface area contributed by atoms with Crippen LogP contribution in [-0.2, 0) is 4.79 Å². The molecule has 0 heterocycles. The number of aryl methyl sites for hydroxylation is 1. The fourth-order valence-corrected chi connectivity index (χ4v) is 1.79. The summed E-state index contributed by atoms with van der Waals surface area (Å²) in [5.41, 5.74) is 1.14. The highest BCUT2D eigenvalue weighted by Crippen LogP contribution is 2.25. The second-order valence-electron chi connectivity index (χ2n) is 5.92. The summed E-state index contributed by atoms with van der Waals surface area (Å²) in [6.07, 6.45) is 0.605. The SMILES string of the molecule is Cc1ccc(OCC(CC(C)(C)C)C(=O)O)cc1. The molecule has 1 unspecified atom stereocenters. The predicted octanol–water partition coefficient (Wildman–Crippen LogP) is 3.51. The van der Waals surface area contributed by atoms with Crippen molar-refractivity contribution in [3.63, 3.8) is 0 Å². The molecule has 0 saturated carbocycles. The molecular weight excluding hydrogens is 228 g/mol. The molecule has 3 heteroatoms. The van der Waals surface area contributed by atoms with Gasteiger partial charge in [0.15, 0.2) is 0 Å². The first kappa shape index (κ1) is 14.6. The Morgan fingerprint density at radius 1 is 1.28 bits per heavy atom. The zero-order chi connectivity index (χ0) is 13.8. The number of carboxylic acid groups (broad SMARTS) is 1. The van der Waals surface area contributed by atoms with Crippen LogP contribution in [0, 0.1) is 18.3 Å². The summed E-state index contributed by atoms with van der Waals surface area (Å²) in [7, 11) is 0. The molecule has 0 aliphatic carbocycles. The number of carboxylic acids is 1. The van der Waals surface area contributed by atoms with Gasteiger partial charge in [0.2, 0.25) is 0 Å². The third kappa shape index (κ3) is 5.21. The lowest BCUT2D eigenvalue weighted by atomic mass is 9.85. The van der Waals surface area contributed by atoms with Gasteiger partial charge in [-0.15, -0.1) is 0 Å². The first-order valence-corrected chi connectivity index (χ1v) is 6.20. The minimum absolute atomic E-state index is 0.0142. The van der Waals surface area contributed by atoms with E-state index >= 15 is 0 Å². The Morgan fingerprint density at radius 2 is 1.83 bits per heavy atom. The second-order valence-corrected chi connectivity index (χ2v) is 5.92. The standard InChI is InChI=1S/C15H22O3/c1-11-5-7-13(8-6-11)18-10-12(14(16)17)9-15(2,3)4/h5-8,12H,9-10H2,1-4H3,(H,16,17). The van der Waals surface area contributed by atoms with Crippen LogP contribution in [0.15, 0.2) is 24.3 Å². The van der Waals surface area contributed by atoms with Gasteiger partial charge in [-0.25, -0.2) is 0 Å². The Morgan fingerprint density at radius 3 is 2.28 bits per heavy atom. The van der Waals surface area contributed by atoms with E-state index in [1.807, 2.05) is 52.0 Å². The minimum Gasteiger partial charge on any atom is -0.493 e. The molecule has 0 aliphatic heterocycles. The largest absolute Gasteiger partial charge is 0.493 e. The topological polar surface area (TPSA) is 46.5 Å². The van der Waals surface area contributed by atoms with E-state index in [-0.39, 0.29) is 12.0 Å². The van der Waals surface area contributed by atoms with Crippen molar-refractivity contribution in [3.8, 4) is 5.75 Å². The molecule has 0 aliphatic rings. The smallest absolute Gasteiger partial charge is 0.309 e. The van der Waals surface area contributed by atoms with Gasteiger partial charge in [-0.1, -0.05) is 38.5 Å². The lowest BCUT2D eigenvalue weighted by Crippen LogP contribution is -2.26. The van der Waals surface area contributed by atoms with Gasteiger partial charge in [-0.3, -0.25) is 4.79 Å². The van der Waals surface area contributed by atoms with Gasteiger partial charge in [-0.05, 0) is 30.9 Å². The number of ether oxygens (including phenoxy) is 1. The molecule has 3 nitrogen and oxygen atoms in total. The summed E-state index contributed by atoms with van der Waals surface area (Å²) < 4.78 is 5.55. The Hall–Kier alpha value is -1.51. The van der Waals surface area contributed by atoms with E-state index in [1.165, 1.54) is 0 Å². The minimum atomic E-state index is -0.794. The van der Waals surface area contributed by atoms with Crippen molar-refractivity contribution in [1.29, 1.82) is 0 Å². The van der Waals surface area contributed by atoms with Crippen LogP contribution in [0.2, 0.25) is 0 Å². The molecular formula is C15H22O3. The van der Waals surface area contributed by atoms with E-state index in [1.54, 1.807) is 0 Å². The number of carbonyl (C=O) groups is 1. The molecule has 0 bridgehead atoms. The van der Waals surface area contributed by atoms with E-state index in [2.05, 4.69) is 0 Å². The Bertz CT molecular complexity index is 387. The molecule has 0 spiro atoms. The molecule has 1 rings (SSSR count). The summed E-state index contributed by atoms with van der Waals surface area (Å²) in [5, 5.41) is 9.18. The number of hydrogen-bond donors (Lipinski definition) is 1. The van der Waals surface area contributed by atoms with Crippen LogP contribution in [0.5, 0.6) is 5.75 Å². The molecule has 18 heavy (non-hydrogen) atoms. The van der Waals surface area contributed by atoms with Gasteiger partial charge in [0, 0.05) is 0 Å². The number of benzene rings is 1. The van der Waals surface area contributed by atoms with Crippen molar-refractivity contribution >= 4 is 5.97 Å². The zero-order valence-corrected chi connectivity index (χ0v) is 11.6. The van der Waals surface area contributed by atoms with Gasteiger partial charge < -0.3 is 9.84 Å². The Labute approximate surface area is 109 Å². The highest BCUT2D eigenvalue weighted by molar-refractivity contribution is 5.70. The average molecular weight is 250 g/mol. The maximum Gasteiger partial charge on any atom is 0.309 e. The van der Waals surface area contributed by atoms with Gasteiger partial charge in [0.1, 0.15) is 12.4 Å². The van der Waals surface area contributed by atoms with E-state index in [9.17, 15) is 9.90 Å². The first-order chi connectivity index (χ1) is 8.28. The summed E-state index contributed by atoms with van der Waals surface area (Å²) in [6, 6.07) is 7.64. The molecule has 0 amide bonds. The summed E-state index contributed by atoms with van der Waals surface area (Å²) in [6.45, 7) is 8.33. The number of aliphatic carboxylic acids is 1. The summed E-state index contributed by atoms with van der Waals surface area (Å²) in [4.78, 5) is 11.2. The van der Waals surface area contributed by atoms with E-state index in [4.69, 9.17) is 4.74 Å². The van der Waals surface area contributed by atoms with Crippen molar-refractivity contribution in [1.82, 2.24) is 0 Å². The third-order valence-corrected chi connectivity index (χ3v) is 2.68. The fourth-order valence-electron chi connectivity index (χ4n) is 1.79. The molecule has 1 aromatic rings. The van der Waals surface area contributed by atoms with Gasteiger partial charge >= 0.3 is 5.97 Å². The van der Waals surface area contributed by atoms with Crippen LogP contribution in [0.3, 0.4) is 0 Å². The Kier molecular flexibility index (Phi) is 4.76. The molecule has 1 atom stereocenters. The summed E-state index contributed by atoms with van der Waals surface area (Å²) >= 11 is 0. The highest BCUT2D eigenvalue weighted by Gasteiger charge is 2.25. The molecule has 0 saturated heterocycles. The normalized spacial score (nSPS) is 13.1. The molecule has 0 aromatic heterocycles. The number of hydrogen-bond acceptors (Lipinski definition) is 2. The molecule has 0 fully saturated rings. The van der Waals surface area contributed by atoms with Crippen molar-refractivity contribution in [2.75, 3.05) is 6.61 Å². The van der Waals surface area contributed by atoms with Crippen molar-refractivity contribution in [3.05, 3.63) is 29.8 Å². The maximum absolute atomic E-state index is 11.2. The summed E-state index contributed by atoms with van der Waals surface area (Å²) in [5.74, 6) is -0.538. The van der Waals surface area contributed by atoms with Gasteiger partial charge in [-0.2, -0.15) is 0 Å². The average Bonchev–Trinajstić information content (AvgIpc) is 2.24. The van der Waals surface area contributed by atoms with E-state index < -0.39 is 11.9 Å². The van der Waals surface area contributed by atoms with E-state index in [0.717, 1.165) is 11.3 Å². The van der Waals surface area contributed by atoms with Crippen LogP contribution in [0.1, 0.15) is 32.8 Å². The third-order valence-electron chi connectivity index (χ3n) is 2.68. The zero-order valence-electron chi connectivity index (χ0n) is 11.6.